The Morgan fingerprint density at radius 1 is 0.900 bits per heavy atom. The molecule has 0 fully saturated rings. The number of amides is 1. The fourth-order valence-electron chi connectivity index (χ4n) is 2.25. The van der Waals surface area contributed by atoms with Gasteiger partial charge in [0.2, 0.25) is 5.91 Å². The Kier molecular flexibility index (Phi) is 8.77. The highest BCUT2D eigenvalue weighted by atomic mass is 16.1. The van der Waals surface area contributed by atoms with E-state index in [4.69, 9.17) is 0 Å². The van der Waals surface area contributed by atoms with Crippen LogP contribution in [0.15, 0.2) is 24.3 Å². The Morgan fingerprint density at radius 3 is 2.20 bits per heavy atom. The maximum atomic E-state index is 11.8. The standard InChI is InChI=1S/C18H29NO/c1-3-5-7-8-9-11-18(20)19-17-14-12-16(13-15-17)10-6-4-2/h12-15H,3-11H2,1-2H3,(H,19,20). The average Bonchev–Trinajstić information content (AvgIpc) is 2.46. The molecule has 1 aromatic carbocycles. The van der Waals surface area contributed by atoms with Crippen LogP contribution in [-0.2, 0) is 11.2 Å². The zero-order valence-electron chi connectivity index (χ0n) is 13.1. The smallest absolute Gasteiger partial charge is 0.224 e. The lowest BCUT2D eigenvalue weighted by molar-refractivity contribution is -0.116. The summed E-state index contributed by atoms with van der Waals surface area (Å²) in [6, 6.07) is 8.26. The van der Waals surface area contributed by atoms with Gasteiger partial charge in [-0.3, -0.25) is 4.79 Å². The van der Waals surface area contributed by atoms with E-state index in [2.05, 4.69) is 31.3 Å². The van der Waals surface area contributed by atoms with Crippen LogP contribution in [0.1, 0.15) is 70.8 Å². The number of carbonyl (C=O) groups excluding carboxylic acids is 1. The number of aryl methyl sites for hydroxylation is 1. The zero-order chi connectivity index (χ0) is 14.6. The summed E-state index contributed by atoms with van der Waals surface area (Å²) in [5.74, 6) is 0.141. The van der Waals surface area contributed by atoms with E-state index in [0.29, 0.717) is 6.42 Å². The van der Waals surface area contributed by atoms with Gasteiger partial charge in [0.05, 0.1) is 0 Å². The van der Waals surface area contributed by atoms with Crippen LogP contribution < -0.4 is 5.32 Å². The second-order valence-corrected chi connectivity index (χ2v) is 5.51. The lowest BCUT2D eigenvalue weighted by Crippen LogP contribution is -2.10. The molecule has 1 N–H and O–H groups in total. The molecule has 2 heteroatoms. The largest absolute Gasteiger partial charge is 0.326 e. The fourth-order valence-corrected chi connectivity index (χ4v) is 2.25. The van der Waals surface area contributed by atoms with Crippen LogP contribution >= 0.6 is 0 Å². The summed E-state index contributed by atoms with van der Waals surface area (Å²) in [6.45, 7) is 4.41. The Labute approximate surface area is 124 Å². The molecule has 0 heterocycles. The first-order valence-electron chi connectivity index (χ1n) is 8.15. The van der Waals surface area contributed by atoms with E-state index in [1.54, 1.807) is 0 Å². The number of unbranched alkanes of at least 4 members (excludes halogenated alkanes) is 5. The van der Waals surface area contributed by atoms with Crippen LogP contribution in [0.4, 0.5) is 5.69 Å². The maximum absolute atomic E-state index is 11.8. The normalized spacial score (nSPS) is 10.5. The van der Waals surface area contributed by atoms with Gasteiger partial charge in [0.1, 0.15) is 0 Å². The van der Waals surface area contributed by atoms with Crippen molar-refractivity contribution in [2.75, 3.05) is 5.32 Å². The minimum absolute atomic E-state index is 0.141. The van der Waals surface area contributed by atoms with Crippen LogP contribution in [0.2, 0.25) is 0 Å². The number of rotatable bonds is 10. The van der Waals surface area contributed by atoms with Gasteiger partial charge in [-0.25, -0.2) is 0 Å². The third-order valence-corrected chi connectivity index (χ3v) is 3.56. The molecule has 0 aliphatic carbocycles. The predicted octanol–water partition coefficient (Wildman–Crippen LogP) is 5.33. The van der Waals surface area contributed by atoms with Gasteiger partial charge in [-0.15, -0.1) is 0 Å². The zero-order valence-corrected chi connectivity index (χ0v) is 13.1. The van der Waals surface area contributed by atoms with E-state index >= 15 is 0 Å². The number of benzene rings is 1. The highest BCUT2D eigenvalue weighted by Gasteiger charge is 2.02. The molecule has 0 saturated carbocycles. The van der Waals surface area contributed by atoms with Crippen molar-refractivity contribution >= 4 is 11.6 Å². The quantitative estimate of drug-likeness (QED) is 0.575. The van der Waals surface area contributed by atoms with Crippen LogP contribution in [-0.4, -0.2) is 5.91 Å². The first kappa shape index (κ1) is 16.7. The van der Waals surface area contributed by atoms with Crippen molar-refractivity contribution in [3.05, 3.63) is 29.8 Å². The molecule has 0 spiro atoms. The first-order valence-corrected chi connectivity index (χ1v) is 8.15. The molecule has 0 saturated heterocycles. The third-order valence-electron chi connectivity index (χ3n) is 3.56. The van der Waals surface area contributed by atoms with E-state index in [9.17, 15) is 4.79 Å². The van der Waals surface area contributed by atoms with Crippen molar-refractivity contribution in [2.24, 2.45) is 0 Å². The molecule has 0 unspecified atom stereocenters. The van der Waals surface area contributed by atoms with Crippen LogP contribution in [0.25, 0.3) is 0 Å². The van der Waals surface area contributed by atoms with Gasteiger partial charge in [-0.2, -0.15) is 0 Å². The molecule has 0 aromatic heterocycles. The van der Waals surface area contributed by atoms with Crippen molar-refractivity contribution in [1.29, 1.82) is 0 Å². The Balaban J connectivity index is 2.24. The SMILES string of the molecule is CCCCCCCC(=O)Nc1ccc(CCCC)cc1. The molecule has 0 aliphatic heterocycles. The molecular formula is C18H29NO. The molecule has 1 rings (SSSR count). The van der Waals surface area contributed by atoms with E-state index in [1.165, 1.54) is 37.7 Å². The number of anilines is 1. The molecule has 112 valence electrons. The summed E-state index contributed by atoms with van der Waals surface area (Å²) in [6.07, 6.45) is 10.1. The van der Waals surface area contributed by atoms with Gasteiger partial charge in [0, 0.05) is 12.1 Å². The maximum Gasteiger partial charge on any atom is 0.224 e. The summed E-state index contributed by atoms with van der Waals surface area (Å²) >= 11 is 0. The van der Waals surface area contributed by atoms with E-state index in [1.807, 2.05) is 12.1 Å². The van der Waals surface area contributed by atoms with Gasteiger partial charge in [0.25, 0.3) is 0 Å². The molecule has 0 atom stereocenters. The molecule has 1 aromatic rings. The Morgan fingerprint density at radius 2 is 1.55 bits per heavy atom. The fraction of sp³-hybridized carbons (Fsp3) is 0.611. The van der Waals surface area contributed by atoms with Gasteiger partial charge in [-0.05, 0) is 37.0 Å². The van der Waals surface area contributed by atoms with Gasteiger partial charge >= 0.3 is 0 Å². The van der Waals surface area contributed by atoms with Crippen LogP contribution in [0, 0.1) is 0 Å². The van der Waals surface area contributed by atoms with Crippen molar-refractivity contribution in [3.8, 4) is 0 Å². The number of carbonyl (C=O) groups is 1. The molecule has 0 radical (unpaired) electrons. The summed E-state index contributed by atoms with van der Waals surface area (Å²) in [4.78, 5) is 11.8. The van der Waals surface area contributed by atoms with Crippen molar-refractivity contribution < 1.29 is 4.79 Å². The van der Waals surface area contributed by atoms with Crippen LogP contribution in [0.5, 0.6) is 0 Å². The highest BCUT2D eigenvalue weighted by molar-refractivity contribution is 5.90. The number of hydrogen-bond acceptors (Lipinski definition) is 1. The first-order chi connectivity index (χ1) is 9.76. The minimum atomic E-state index is 0.141. The Bertz CT molecular complexity index is 370. The summed E-state index contributed by atoms with van der Waals surface area (Å²) in [5, 5.41) is 2.98. The van der Waals surface area contributed by atoms with E-state index in [0.717, 1.165) is 24.9 Å². The summed E-state index contributed by atoms with van der Waals surface area (Å²) in [7, 11) is 0. The third kappa shape index (κ3) is 7.32. The van der Waals surface area contributed by atoms with Gasteiger partial charge in [0.15, 0.2) is 0 Å². The molecular weight excluding hydrogens is 246 g/mol. The van der Waals surface area contributed by atoms with E-state index < -0.39 is 0 Å². The summed E-state index contributed by atoms with van der Waals surface area (Å²) < 4.78 is 0. The average molecular weight is 275 g/mol. The molecule has 0 bridgehead atoms. The predicted molar refractivity (Wildman–Crippen MR) is 87.1 cm³/mol. The monoisotopic (exact) mass is 275 g/mol. The van der Waals surface area contributed by atoms with Gasteiger partial charge < -0.3 is 5.32 Å². The molecule has 20 heavy (non-hydrogen) atoms. The lowest BCUT2D eigenvalue weighted by atomic mass is 10.1. The molecule has 2 nitrogen and oxygen atoms in total. The molecule has 1 amide bonds. The minimum Gasteiger partial charge on any atom is -0.326 e. The van der Waals surface area contributed by atoms with Crippen molar-refractivity contribution in [1.82, 2.24) is 0 Å². The summed E-state index contributed by atoms with van der Waals surface area (Å²) in [5.41, 5.74) is 2.27. The number of nitrogens with one attached hydrogen (secondary N) is 1. The van der Waals surface area contributed by atoms with Crippen molar-refractivity contribution in [3.63, 3.8) is 0 Å². The number of hydrogen-bond donors (Lipinski definition) is 1. The Hall–Kier alpha value is -1.31. The highest BCUT2D eigenvalue weighted by Crippen LogP contribution is 2.13. The van der Waals surface area contributed by atoms with E-state index in [-0.39, 0.29) is 5.91 Å². The van der Waals surface area contributed by atoms with Crippen molar-refractivity contribution in [2.45, 2.75) is 71.6 Å². The van der Waals surface area contributed by atoms with Crippen LogP contribution in [0.3, 0.4) is 0 Å². The van der Waals surface area contributed by atoms with Gasteiger partial charge in [-0.1, -0.05) is 58.1 Å². The second-order valence-electron chi connectivity index (χ2n) is 5.51. The molecule has 0 aliphatic rings. The lowest BCUT2D eigenvalue weighted by Gasteiger charge is -2.06. The topological polar surface area (TPSA) is 29.1 Å². The second kappa shape index (κ2) is 10.5.